The lowest BCUT2D eigenvalue weighted by atomic mass is 9.98. The van der Waals surface area contributed by atoms with Crippen molar-refractivity contribution in [3.63, 3.8) is 0 Å². The Kier molecular flexibility index (Phi) is 6.77. The summed E-state index contributed by atoms with van der Waals surface area (Å²) in [6.07, 6.45) is 1.20. The third kappa shape index (κ3) is 4.82. The second-order valence-corrected chi connectivity index (χ2v) is 9.54. The normalized spacial score (nSPS) is 18.6. The van der Waals surface area contributed by atoms with Crippen LogP contribution >= 0.6 is 0 Å². The summed E-state index contributed by atoms with van der Waals surface area (Å²) < 4.78 is 46.2. The number of amides is 1. The molecule has 2 atom stereocenters. The lowest BCUT2D eigenvalue weighted by molar-refractivity contribution is -0.126. The van der Waals surface area contributed by atoms with Crippen LogP contribution in [-0.4, -0.2) is 38.8 Å². The van der Waals surface area contributed by atoms with E-state index in [1.54, 1.807) is 30.3 Å². The fourth-order valence-corrected chi connectivity index (χ4v) is 5.43. The summed E-state index contributed by atoms with van der Waals surface area (Å²) in [6, 6.07) is 10.7. The van der Waals surface area contributed by atoms with Gasteiger partial charge in [0.25, 0.3) is 0 Å². The van der Waals surface area contributed by atoms with E-state index in [4.69, 9.17) is 4.74 Å². The van der Waals surface area contributed by atoms with E-state index in [1.807, 2.05) is 13.8 Å². The first kappa shape index (κ1) is 22.2. The Morgan fingerprint density at radius 3 is 2.60 bits per heavy atom. The van der Waals surface area contributed by atoms with Gasteiger partial charge in [0.05, 0.1) is 19.1 Å². The van der Waals surface area contributed by atoms with Crippen molar-refractivity contribution in [2.24, 2.45) is 5.92 Å². The smallest absolute Gasteiger partial charge is 0.246 e. The molecule has 2 aromatic carbocycles. The highest BCUT2D eigenvalue weighted by Gasteiger charge is 2.35. The first-order valence-electron chi connectivity index (χ1n) is 9.93. The van der Waals surface area contributed by atoms with Crippen LogP contribution in [0.25, 0.3) is 0 Å². The third-order valence-corrected chi connectivity index (χ3v) is 7.31. The van der Waals surface area contributed by atoms with Crippen molar-refractivity contribution >= 4 is 15.9 Å². The van der Waals surface area contributed by atoms with E-state index in [0.717, 1.165) is 11.1 Å². The van der Waals surface area contributed by atoms with Gasteiger partial charge in [0.2, 0.25) is 15.9 Å². The Bertz CT molecular complexity index is 1010. The maximum absolute atomic E-state index is 13.2. The van der Waals surface area contributed by atoms with E-state index >= 15 is 0 Å². The lowest BCUT2D eigenvalue weighted by Gasteiger charge is -2.32. The van der Waals surface area contributed by atoms with Gasteiger partial charge in [-0.3, -0.25) is 4.79 Å². The fourth-order valence-electron chi connectivity index (χ4n) is 3.67. The van der Waals surface area contributed by atoms with Crippen LogP contribution in [0.2, 0.25) is 0 Å². The van der Waals surface area contributed by atoms with Gasteiger partial charge >= 0.3 is 0 Å². The van der Waals surface area contributed by atoms with Crippen molar-refractivity contribution in [2.75, 3.05) is 20.2 Å². The van der Waals surface area contributed by atoms with Crippen LogP contribution in [0, 0.1) is 18.7 Å². The average Bonchev–Trinajstić information content (AvgIpc) is 2.74. The molecule has 1 amide bonds. The highest BCUT2D eigenvalue weighted by atomic mass is 32.2. The van der Waals surface area contributed by atoms with Crippen LogP contribution in [0.3, 0.4) is 0 Å². The molecule has 162 valence electrons. The van der Waals surface area contributed by atoms with Crippen molar-refractivity contribution in [2.45, 2.75) is 37.6 Å². The Labute approximate surface area is 177 Å². The molecule has 1 aliphatic rings. The molecule has 0 aromatic heterocycles. The van der Waals surface area contributed by atoms with Crippen molar-refractivity contribution < 1.29 is 22.3 Å². The molecule has 2 aromatic rings. The summed E-state index contributed by atoms with van der Waals surface area (Å²) in [7, 11) is -2.35. The summed E-state index contributed by atoms with van der Waals surface area (Å²) in [5, 5.41) is 2.92. The standard InChI is InChI=1S/C22H27FN2O4S/c1-15-6-11-20(29-3)21(13-15)30(27,28)25-12-4-5-18(14-25)22(26)24-16(2)17-7-9-19(23)10-8-17/h6-11,13,16,18H,4-5,12,14H2,1-3H3,(H,24,26)/t16-,18+/m0/s1. The number of ether oxygens (including phenoxy) is 1. The van der Waals surface area contributed by atoms with Crippen LogP contribution in [0.1, 0.15) is 36.9 Å². The zero-order valence-corrected chi connectivity index (χ0v) is 18.2. The van der Waals surface area contributed by atoms with E-state index in [-0.39, 0.29) is 35.0 Å². The second-order valence-electron chi connectivity index (χ2n) is 7.64. The van der Waals surface area contributed by atoms with E-state index in [0.29, 0.717) is 19.4 Å². The number of carbonyl (C=O) groups excluding carboxylic acids is 1. The summed E-state index contributed by atoms with van der Waals surface area (Å²) in [4.78, 5) is 12.9. The molecule has 3 rings (SSSR count). The first-order chi connectivity index (χ1) is 14.2. The summed E-state index contributed by atoms with van der Waals surface area (Å²) in [6.45, 7) is 4.11. The minimum absolute atomic E-state index is 0.113. The van der Waals surface area contributed by atoms with Crippen molar-refractivity contribution in [1.29, 1.82) is 0 Å². The van der Waals surface area contributed by atoms with Crippen LogP contribution in [0.5, 0.6) is 5.75 Å². The molecule has 1 fully saturated rings. The summed E-state index contributed by atoms with van der Waals surface area (Å²) >= 11 is 0. The van der Waals surface area contributed by atoms with Crippen LogP contribution in [-0.2, 0) is 14.8 Å². The molecule has 1 heterocycles. The largest absolute Gasteiger partial charge is 0.495 e. The quantitative estimate of drug-likeness (QED) is 0.756. The molecule has 0 aliphatic carbocycles. The SMILES string of the molecule is COc1ccc(C)cc1S(=O)(=O)N1CCC[C@@H](C(=O)N[C@@H](C)c2ccc(F)cc2)C1. The van der Waals surface area contributed by atoms with Gasteiger partial charge in [0, 0.05) is 13.1 Å². The number of piperidine rings is 1. The predicted molar refractivity (Wildman–Crippen MR) is 112 cm³/mol. The van der Waals surface area contributed by atoms with Gasteiger partial charge in [-0.1, -0.05) is 18.2 Å². The minimum atomic E-state index is -3.79. The van der Waals surface area contributed by atoms with Crippen LogP contribution in [0.4, 0.5) is 4.39 Å². The highest BCUT2D eigenvalue weighted by molar-refractivity contribution is 7.89. The number of carbonyl (C=O) groups is 1. The number of nitrogens with one attached hydrogen (secondary N) is 1. The van der Waals surface area contributed by atoms with Gasteiger partial charge in [-0.05, 0) is 62.1 Å². The number of hydrogen-bond donors (Lipinski definition) is 1. The molecular formula is C22H27FN2O4S. The molecule has 0 radical (unpaired) electrons. The number of hydrogen-bond acceptors (Lipinski definition) is 4. The number of methoxy groups -OCH3 is 1. The van der Waals surface area contributed by atoms with Gasteiger partial charge in [-0.25, -0.2) is 12.8 Å². The second kappa shape index (κ2) is 9.14. The van der Waals surface area contributed by atoms with Crippen molar-refractivity contribution in [1.82, 2.24) is 9.62 Å². The van der Waals surface area contributed by atoms with Gasteiger partial charge in [-0.15, -0.1) is 0 Å². The molecule has 6 nitrogen and oxygen atoms in total. The number of rotatable bonds is 6. The van der Waals surface area contributed by atoms with Gasteiger partial charge in [-0.2, -0.15) is 4.31 Å². The lowest BCUT2D eigenvalue weighted by Crippen LogP contribution is -2.45. The van der Waals surface area contributed by atoms with E-state index in [1.165, 1.54) is 23.5 Å². The number of halogens is 1. The van der Waals surface area contributed by atoms with Gasteiger partial charge in [0.1, 0.15) is 16.5 Å². The van der Waals surface area contributed by atoms with Crippen LogP contribution < -0.4 is 10.1 Å². The minimum Gasteiger partial charge on any atom is -0.495 e. The molecule has 0 bridgehead atoms. The zero-order chi connectivity index (χ0) is 21.9. The topological polar surface area (TPSA) is 75.7 Å². The van der Waals surface area contributed by atoms with Gasteiger partial charge in [0.15, 0.2) is 0 Å². The van der Waals surface area contributed by atoms with Crippen LogP contribution in [0.15, 0.2) is 47.4 Å². The zero-order valence-electron chi connectivity index (χ0n) is 17.4. The number of sulfonamides is 1. The molecule has 8 heteroatoms. The average molecular weight is 435 g/mol. The number of benzene rings is 2. The predicted octanol–water partition coefficient (Wildman–Crippen LogP) is 3.42. The molecule has 0 saturated carbocycles. The van der Waals surface area contributed by atoms with Crippen molar-refractivity contribution in [3.8, 4) is 5.75 Å². The van der Waals surface area contributed by atoms with E-state index < -0.39 is 15.9 Å². The summed E-state index contributed by atoms with van der Waals surface area (Å²) in [5.41, 5.74) is 1.60. The monoisotopic (exact) mass is 434 g/mol. The Balaban J connectivity index is 1.73. The molecule has 30 heavy (non-hydrogen) atoms. The highest BCUT2D eigenvalue weighted by Crippen LogP contribution is 2.31. The van der Waals surface area contributed by atoms with Gasteiger partial charge < -0.3 is 10.1 Å². The molecule has 1 N–H and O–H groups in total. The maximum atomic E-state index is 13.2. The number of nitrogens with zero attached hydrogens (tertiary/aromatic N) is 1. The molecule has 1 saturated heterocycles. The summed E-state index contributed by atoms with van der Waals surface area (Å²) in [5.74, 6) is -0.704. The Morgan fingerprint density at radius 2 is 1.93 bits per heavy atom. The van der Waals surface area contributed by atoms with E-state index in [2.05, 4.69) is 5.32 Å². The molecule has 1 aliphatic heterocycles. The molecule has 0 spiro atoms. The van der Waals surface area contributed by atoms with E-state index in [9.17, 15) is 17.6 Å². The first-order valence-corrected chi connectivity index (χ1v) is 11.4. The molecular weight excluding hydrogens is 407 g/mol. The Morgan fingerprint density at radius 1 is 1.23 bits per heavy atom. The number of aryl methyl sites for hydroxylation is 1. The Hall–Kier alpha value is -2.45. The van der Waals surface area contributed by atoms with Crippen molar-refractivity contribution in [3.05, 3.63) is 59.4 Å². The fraction of sp³-hybridized carbons (Fsp3) is 0.409. The molecule has 0 unspecified atom stereocenters. The maximum Gasteiger partial charge on any atom is 0.246 e. The third-order valence-electron chi connectivity index (χ3n) is 5.42.